The van der Waals surface area contributed by atoms with Crippen LogP contribution in [0, 0.1) is 6.92 Å². The molecule has 0 aliphatic carbocycles. The summed E-state index contributed by atoms with van der Waals surface area (Å²) in [6.07, 6.45) is 4.56. The van der Waals surface area contributed by atoms with Crippen LogP contribution in [0.5, 0.6) is 0 Å². The van der Waals surface area contributed by atoms with Crippen molar-refractivity contribution in [2.24, 2.45) is 0 Å². The Morgan fingerprint density at radius 2 is 2.00 bits per heavy atom. The van der Waals surface area contributed by atoms with Gasteiger partial charge in [-0.05, 0) is 49.6 Å². The second-order valence-corrected chi connectivity index (χ2v) is 11.4. The van der Waals surface area contributed by atoms with Crippen molar-refractivity contribution >= 4 is 44.6 Å². The summed E-state index contributed by atoms with van der Waals surface area (Å²) in [5, 5.41) is 2.88. The number of hydrogen-bond donors (Lipinski definition) is 1. The zero-order chi connectivity index (χ0) is 22.4. The minimum Gasteiger partial charge on any atom is -0.325 e. The van der Waals surface area contributed by atoms with Crippen molar-refractivity contribution in [3.8, 4) is 0 Å². The van der Waals surface area contributed by atoms with Crippen LogP contribution < -0.4 is 5.32 Å². The second kappa shape index (κ2) is 10.7. The highest BCUT2D eigenvalue weighted by atomic mass is 35.5. The summed E-state index contributed by atoms with van der Waals surface area (Å²) in [4.78, 5) is 16.0. The fourth-order valence-electron chi connectivity index (χ4n) is 3.57. The van der Waals surface area contributed by atoms with Crippen LogP contribution in [0.4, 0.5) is 5.69 Å². The van der Waals surface area contributed by atoms with Crippen molar-refractivity contribution < 1.29 is 13.2 Å². The lowest BCUT2D eigenvalue weighted by Gasteiger charge is -2.26. The third kappa shape index (κ3) is 6.40. The Bertz CT molecular complexity index is 1030. The largest absolute Gasteiger partial charge is 0.325 e. The number of halogens is 1. The first kappa shape index (κ1) is 23.9. The Morgan fingerprint density at radius 3 is 2.65 bits per heavy atom. The first-order valence-corrected chi connectivity index (χ1v) is 12.9. The monoisotopic (exact) mass is 481 g/mol. The van der Waals surface area contributed by atoms with Crippen molar-refractivity contribution in [1.82, 2.24) is 9.21 Å². The van der Waals surface area contributed by atoms with Crippen LogP contribution in [0.25, 0.3) is 0 Å². The van der Waals surface area contributed by atoms with Gasteiger partial charge in [0.1, 0.15) is 0 Å². The van der Waals surface area contributed by atoms with E-state index in [9.17, 15) is 13.2 Å². The van der Waals surface area contributed by atoms with Gasteiger partial charge in [-0.2, -0.15) is 4.31 Å². The van der Waals surface area contributed by atoms with Gasteiger partial charge < -0.3 is 5.32 Å². The van der Waals surface area contributed by atoms with Crippen molar-refractivity contribution in [2.75, 3.05) is 31.5 Å². The molecule has 0 radical (unpaired) electrons. The molecule has 31 heavy (non-hydrogen) atoms. The average Bonchev–Trinajstić information content (AvgIpc) is 3.15. The summed E-state index contributed by atoms with van der Waals surface area (Å²) in [6.45, 7) is 7.99. The van der Waals surface area contributed by atoms with E-state index in [0.717, 1.165) is 29.7 Å². The van der Waals surface area contributed by atoms with Gasteiger partial charge in [0, 0.05) is 36.7 Å². The maximum absolute atomic E-state index is 13.0. The summed E-state index contributed by atoms with van der Waals surface area (Å²) in [6, 6.07) is 8.69. The molecule has 0 bridgehead atoms. The van der Waals surface area contributed by atoms with Crippen LogP contribution in [0.2, 0.25) is 4.34 Å². The number of anilines is 1. The molecule has 0 saturated carbocycles. The molecule has 0 atom stereocenters. The van der Waals surface area contributed by atoms with Crippen molar-refractivity contribution in [1.29, 1.82) is 0 Å². The number of nitrogens with one attached hydrogen (secondary N) is 1. The van der Waals surface area contributed by atoms with Crippen molar-refractivity contribution in [3.05, 3.63) is 57.8 Å². The summed E-state index contributed by atoms with van der Waals surface area (Å²) in [7, 11) is -3.56. The molecule has 168 valence electrons. The number of carbonyl (C=O) groups is 1. The molecule has 2 aromatic rings. The summed E-state index contributed by atoms with van der Waals surface area (Å²) in [5.41, 5.74) is 1.33. The number of amides is 1. The summed E-state index contributed by atoms with van der Waals surface area (Å²) in [5.74, 6) is -0.208. The molecule has 0 spiro atoms. The molecule has 1 amide bonds. The van der Waals surface area contributed by atoms with Gasteiger partial charge in [0.15, 0.2) is 0 Å². The van der Waals surface area contributed by atoms with Crippen LogP contribution in [0.3, 0.4) is 0 Å². The molecule has 0 unspecified atom stereocenters. The minimum absolute atomic E-state index is 0.157. The lowest BCUT2D eigenvalue weighted by Crippen LogP contribution is -2.35. The van der Waals surface area contributed by atoms with E-state index in [1.54, 1.807) is 24.3 Å². The third-order valence-corrected chi connectivity index (χ3v) is 8.31. The third-order valence-electron chi connectivity index (χ3n) is 5.20. The van der Waals surface area contributed by atoms with E-state index in [4.69, 9.17) is 11.6 Å². The molecule has 1 aromatic heterocycles. The maximum Gasteiger partial charge on any atom is 0.243 e. The highest BCUT2D eigenvalue weighted by Gasteiger charge is 2.26. The molecule has 3 rings (SSSR count). The molecule has 1 N–H and O–H groups in total. The molecule has 6 nitrogen and oxygen atoms in total. The molecule has 1 saturated heterocycles. The number of rotatable bonds is 9. The average molecular weight is 482 g/mol. The fraction of sp³-hybridized carbons (Fsp3) is 0.409. The predicted molar refractivity (Wildman–Crippen MR) is 127 cm³/mol. The SMILES string of the molecule is C=CCN(CC(=O)Nc1cc(S(=O)(=O)N2CCCCC2)ccc1C)Cc1ccc(Cl)s1. The van der Waals surface area contributed by atoms with E-state index < -0.39 is 10.0 Å². The molecule has 1 fully saturated rings. The zero-order valence-corrected chi connectivity index (χ0v) is 20.0. The van der Waals surface area contributed by atoms with Gasteiger partial charge in [-0.1, -0.05) is 30.2 Å². The number of sulfonamides is 1. The molecular formula is C22H28ClN3O3S2. The number of carbonyl (C=O) groups excluding carboxylic acids is 1. The number of benzene rings is 1. The number of thiophene rings is 1. The quantitative estimate of drug-likeness (QED) is 0.535. The van der Waals surface area contributed by atoms with Crippen LogP contribution >= 0.6 is 22.9 Å². The lowest BCUT2D eigenvalue weighted by molar-refractivity contribution is -0.117. The minimum atomic E-state index is -3.56. The summed E-state index contributed by atoms with van der Waals surface area (Å²) < 4.78 is 28.2. The number of hydrogen-bond acceptors (Lipinski definition) is 5. The standard InChI is InChI=1S/C22H28ClN3O3S2/c1-3-11-25(15-18-8-10-21(23)30-18)16-22(27)24-20-14-19(9-7-17(20)2)31(28,29)26-12-5-4-6-13-26/h3,7-10,14H,1,4-6,11-13,15-16H2,2H3,(H,24,27). The second-order valence-electron chi connectivity index (χ2n) is 7.65. The first-order chi connectivity index (χ1) is 14.8. The number of nitrogens with zero attached hydrogens (tertiary/aromatic N) is 2. The highest BCUT2D eigenvalue weighted by molar-refractivity contribution is 7.89. The van der Waals surface area contributed by atoms with Crippen LogP contribution in [0.1, 0.15) is 29.7 Å². The van der Waals surface area contributed by atoms with Crippen LogP contribution in [-0.2, 0) is 21.4 Å². The van der Waals surface area contributed by atoms with Crippen molar-refractivity contribution in [3.63, 3.8) is 0 Å². The molecule has 2 heterocycles. The fourth-order valence-corrected chi connectivity index (χ4v) is 6.24. The van der Waals surface area contributed by atoms with E-state index in [0.29, 0.717) is 36.2 Å². The van der Waals surface area contributed by atoms with Gasteiger partial charge in [0.25, 0.3) is 0 Å². The predicted octanol–water partition coefficient (Wildman–Crippen LogP) is 4.51. The van der Waals surface area contributed by atoms with Crippen LogP contribution in [0.15, 0.2) is 47.9 Å². The van der Waals surface area contributed by atoms with E-state index in [1.165, 1.54) is 15.6 Å². The molecule has 1 aliphatic rings. The van der Waals surface area contributed by atoms with E-state index in [2.05, 4.69) is 11.9 Å². The molecule has 1 aliphatic heterocycles. The van der Waals surface area contributed by atoms with E-state index in [1.807, 2.05) is 24.0 Å². The van der Waals surface area contributed by atoms with E-state index >= 15 is 0 Å². The first-order valence-electron chi connectivity index (χ1n) is 10.3. The Kier molecular flexibility index (Phi) is 8.30. The van der Waals surface area contributed by atoms with Gasteiger partial charge in [0.2, 0.25) is 15.9 Å². The topological polar surface area (TPSA) is 69.7 Å². The maximum atomic E-state index is 13.0. The Balaban J connectivity index is 1.71. The van der Waals surface area contributed by atoms with Gasteiger partial charge in [-0.25, -0.2) is 8.42 Å². The number of aryl methyl sites for hydroxylation is 1. The number of piperidine rings is 1. The van der Waals surface area contributed by atoms with Gasteiger partial charge >= 0.3 is 0 Å². The molecule has 9 heteroatoms. The molecule has 1 aromatic carbocycles. The highest BCUT2D eigenvalue weighted by Crippen LogP contribution is 2.26. The Morgan fingerprint density at radius 1 is 1.26 bits per heavy atom. The van der Waals surface area contributed by atoms with Crippen molar-refractivity contribution in [2.45, 2.75) is 37.6 Å². The zero-order valence-electron chi connectivity index (χ0n) is 17.6. The lowest BCUT2D eigenvalue weighted by atomic mass is 10.2. The van der Waals surface area contributed by atoms with Gasteiger partial charge in [0.05, 0.1) is 15.8 Å². The van der Waals surface area contributed by atoms with E-state index in [-0.39, 0.29) is 17.3 Å². The smallest absolute Gasteiger partial charge is 0.243 e. The Hall–Kier alpha value is -1.71. The van der Waals surface area contributed by atoms with Gasteiger partial charge in [-0.3, -0.25) is 9.69 Å². The normalized spacial score (nSPS) is 15.2. The van der Waals surface area contributed by atoms with Crippen LogP contribution in [-0.4, -0.2) is 49.7 Å². The van der Waals surface area contributed by atoms with Gasteiger partial charge in [-0.15, -0.1) is 17.9 Å². The summed E-state index contributed by atoms with van der Waals surface area (Å²) >= 11 is 7.49. The molecular weight excluding hydrogens is 454 g/mol. The Labute approximate surface area is 193 Å².